The van der Waals surface area contributed by atoms with Gasteiger partial charge in [-0.3, -0.25) is 4.98 Å². The Bertz CT molecular complexity index is 1240. The van der Waals surface area contributed by atoms with Crippen molar-refractivity contribution in [2.75, 3.05) is 12.0 Å². The van der Waals surface area contributed by atoms with Gasteiger partial charge >= 0.3 is 0 Å². The highest BCUT2D eigenvalue weighted by Gasteiger charge is 2.42. The van der Waals surface area contributed by atoms with E-state index in [1.165, 1.54) is 5.56 Å². The molecule has 0 unspecified atom stereocenters. The largest absolute Gasteiger partial charge is 0.497 e. The molecule has 6 heteroatoms. The normalized spacial score (nSPS) is 17.9. The molecule has 2 aromatic carbocycles. The van der Waals surface area contributed by atoms with E-state index in [1.54, 1.807) is 7.11 Å². The number of pyridine rings is 1. The number of ether oxygens (including phenoxy) is 1. The molecule has 0 amide bonds. The zero-order chi connectivity index (χ0) is 22.1. The van der Waals surface area contributed by atoms with Crippen LogP contribution in [0.1, 0.15) is 29.0 Å². The number of hydrogen-bond acceptors (Lipinski definition) is 3. The van der Waals surface area contributed by atoms with E-state index in [4.69, 9.17) is 17.0 Å². The summed E-state index contributed by atoms with van der Waals surface area (Å²) in [7, 11) is 1.68. The molecule has 5 rings (SSSR count). The maximum atomic E-state index is 5.84. The number of hydrogen-bond donors (Lipinski definition) is 1. The Balaban J connectivity index is 1.66. The first kappa shape index (κ1) is 20.3. The number of thiocarbonyl (C=S) groups is 1. The average molecular weight is 441 g/mol. The van der Waals surface area contributed by atoms with Crippen LogP contribution in [0, 0.1) is 6.92 Å². The SMILES string of the molecule is COc1cccc(N2C(=S)N[C@H](c3ccccn3)[C@H]2c2cccn2-c2ccc(C)cc2)c1. The lowest BCUT2D eigenvalue weighted by molar-refractivity contribution is 0.414. The molecule has 0 radical (unpaired) electrons. The summed E-state index contributed by atoms with van der Waals surface area (Å²) in [6, 6.07) is 26.6. The van der Waals surface area contributed by atoms with E-state index in [1.807, 2.05) is 42.6 Å². The highest BCUT2D eigenvalue weighted by atomic mass is 32.1. The third-order valence-corrected chi connectivity index (χ3v) is 6.14. The van der Waals surface area contributed by atoms with E-state index in [0.717, 1.165) is 28.5 Å². The van der Waals surface area contributed by atoms with Gasteiger partial charge in [-0.25, -0.2) is 0 Å². The van der Waals surface area contributed by atoms with Crippen LogP contribution in [0.25, 0.3) is 5.69 Å². The monoisotopic (exact) mass is 440 g/mol. The van der Waals surface area contributed by atoms with Gasteiger partial charge in [0.1, 0.15) is 11.8 Å². The van der Waals surface area contributed by atoms with Crippen LogP contribution in [0.3, 0.4) is 0 Å². The summed E-state index contributed by atoms with van der Waals surface area (Å²) in [6.07, 6.45) is 3.92. The summed E-state index contributed by atoms with van der Waals surface area (Å²) < 4.78 is 7.71. The van der Waals surface area contributed by atoms with Gasteiger partial charge in [0.15, 0.2) is 5.11 Å². The maximum absolute atomic E-state index is 5.84. The average Bonchev–Trinajstić information content (AvgIpc) is 3.44. The van der Waals surface area contributed by atoms with Crippen LogP contribution < -0.4 is 15.0 Å². The molecular formula is C26H24N4OS. The lowest BCUT2D eigenvalue weighted by Crippen LogP contribution is -2.30. The van der Waals surface area contributed by atoms with Gasteiger partial charge in [-0.1, -0.05) is 29.8 Å². The summed E-state index contributed by atoms with van der Waals surface area (Å²) in [5.74, 6) is 0.791. The Morgan fingerprint density at radius 1 is 0.938 bits per heavy atom. The van der Waals surface area contributed by atoms with Crippen molar-refractivity contribution in [3.63, 3.8) is 0 Å². The Labute approximate surface area is 193 Å². The van der Waals surface area contributed by atoms with E-state index in [-0.39, 0.29) is 12.1 Å². The van der Waals surface area contributed by atoms with Crippen molar-refractivity contribution in [2.24, 2.45) is 0 Å². The molecule has 1 saturated heterocycles. The minimum Gasteiger partial charge on any atom is -0.497 e. The molecule has 32 heavy (non-hydrogen) atoms. The van der Waals surface area contributed by atoms with Crippen molar-refractivity contribution in [3.8, 4) is 11.4 Å². The van der Waals surface area contributed by atoms with E-state index >= 15 is 0 Å². The third kappa shape index (κ3) is 3.63. The first-order valence-electron chi connectivity index (χ1n) is 10.5. The van der Waals surface area contributed by atoms with Crippen LogP contribution >= 0.6 is 12.2 Å². The summed E-state index contributed by atoms with van der Waals surface area (Å²) in [5, 5.41) is 4.19. The molecule has 2 atom stereocenters. The summed E-state index contributed by atoms with van der Waals surface area (Å²) in [6.45, 7) is 2.10. The lowest BCUT2D eigenvalue weighted by atomic mass is 10.0. The molecule has 1 aliphatic rings. The van der Waals surface area contributed by atoms with Gasteiger partial charge in [-0.15, -0.1) is 0 Å². The van der Waals surface area contributed by atoms with Crippen LogP contribution in [0.15, 0.2) is 91.3 Å². The quantitative estimate of drug-likeness (QED) is 0.423. The molecule has 0 spiro atoms. The molecule has 5 nitrogen and oxygen atoms in total. The summed E-state index contributed by atoms with van der Waals surface area (Å²) in [4.78, 5) is 6.81. The number of anilines is 1. The van der Waals surface area contributed by atoms with Gasteiger partial charge in [0.05, 0.1) is 18.8 Å². The number of nitrogens with one attached hydrogen (secondary N) is 1. The standard InChI is InChI=1S/C26H24N4OS/c1-18-11-13-19(14-12-18)29-16-6-10-23(29)25-24(22-9-3-4-15-27-22)28-26(32)30(25)20-7-5-8-21(17-20)31-2/h3-17,24-25H,1-2H3,(H,28,32)/t24-,25-/m1/s1. The number of methoxy groups -OCH3 is 1. The Hall–Kier alpha value is -3.64. The topological polar surface area (TPSA) is 42.3 Å². The molecule has 1 aliphatic heterocycles. The molecule has 160 valence electrons. The number of benzene rings is 2. The van der Waals surface area contributed by atoms with E-state index in [9.17, 15) is 0 Å². The van der Waals surface area contributed by atoms with Crippen molar-refractivity contribution in [2.45, 2.75) is 19.0 Å². The molecule has 1 fully saturated rings. The van der Waals surface area contributed by atoms with Crippen molar-refractivity contribution >= 4 is 23.0 Å². The fourth-order valence-corrected chi connectivity index (χ4v) is 4.62. The highest BCUT2D eigenvalue weighted by Crippen LogP contribution is 2.42. The second-order valence-corrected chi connectivity index (χ2v) is 8.22. The number of aryl methyl sites for hydroxylation is 1. The van der Waals surface area contributed by atoms with E-state index in [2.05, 4.69) is 75.4 Å². The van der Waals surface area contributed by atoms with Crippen molar-refractivity contribution < 1.29 is 4.74 Å². The minimum absolute atomic E-state index is 0.0965. The number of aromatic nitrogens is 2. The number of nitrogens with zero attached hydrogens (tertiary/aromatic N) is 3. The molecular weight excluding hydrogens is 416 g/mol. The Morgan fingerprint density at radius 2 is 1.78 bits per heavy atom. The second-order valence-electron chi connectivity index (χ2n) is 7.84. The predicted octanol–water partition coefficient (Wildman–Crippen LogP) is 5.37. The first-order valence-corrected chi connectivity index (χ1v) is 11.0. The molecule has 0 aliphatic carbocycles. The van der Waals surface area contributed by atoms with Crippen molar-refractivity contribution in [1.82, 2.24) is 14.9 Å². The Kier molecular flexibility index (Phi) is 5.37. The van der Waals surface area contributed by atoms with Crippen LogP contribution in [-0.4, -0.2) is 21.8 Å². The van der Waals surface area contributed by atoms with Gasteiger partial charge in [0, 0.05) is 35.5 Å². The fraction of sp³-hybridized carbons (Fsp3) is 0.154. The maximum Gasteiger partial charge on any atom is 0.174 e. The molecule has 2 aromatic heterocycles. The van der Waals surface area contributed by atoms with E-state index in [0.29, 0.717) is 5.11 Å². The summed E-state index contributed by atoms with van der Waals surface area (Å²) >= 11 is 5.84. The Morgan fingerprint density at radius 3 is 2.53 bits per heavy atom. The van der Waals surface area contributed by atoms with Crippen molar-refractivity contribution in [1.29, 1.82) is 0 Å². The van der Waals surface area contributed by atoms with Gasteiger partial charge in [0.2, 0.25) is 0 Å². The zero-order valence-corrected chi connectivity index (χ0v) is 18.8. The van der Waals surface area contributed by atoms with Crippen LogP contribution in [-0.2, 0) is 0 Å². The predicted molar refractivity (Wildman–Crippen MR) is 131 cm³/mol. The van der Waals surface area contributed by atoms with Gasteiger partial charge < -0.3 is 19.5 Å². The molecule has 1 N–H and O–H groups in total. The highest BCUT2D eigenvalue weighted by molar-refractivity contribution is 7.80. The molecule has 0 saturated carbocycles. The molecule has 3 heterocycles. The minimum atomic E-state index is -0.103. The van der Waals surface area contributed by atoms with Crippen LogP contribution in [0.4, 0.5) is 5.69 Å². The number of rotatable bonds is 5. The van der Waals surface area contributed by atoms with Crippen molar-refractivity contribution in [3.05, 3.63) is 108 Å². The molecule has 0 bridgehead atoms. The lowest BCUT2D eigenvalue weighted by Gasteiger charge is -2.29. The summed E-state index contributed by atoms with van der Waals surface area (Å²) in [5.41, 5.74) is 5.39. The van der Waals surface area contributed by atoms with Crippen LogP contribution in [0.5, 0.6) is 5.75 Å². The zero-order valence-electron chi connectivity index (χ0n) is 18.0. The fourth-order valence-electron chi connectivity index (χ4n) is 4.27. The first-order chi connectivity index (χ1) is 15.7. The van der Waals surface area contributed by atoms with Gasteiger partial charge in [0.25, 0.3) is 0 Å². The smallest absolute Gasteiger partial charge is 0.174 e. The van der Waals surface area contributed by atoms with E-state index < -0.39 is 0 Å². The second kappa shape index (κ2) is 8.48. The third-order valence-electron chi connectivity index (χ3n) is 5.83. The molecule has 4 aromatic rings. The van der Waals surface area contributed by atoms with Crippen LogP contribution in [0.2, 0.25) is 0 Å². The van der Waals surface area contributed by atoms with Gasteiger partial charge in [-0.2, -0.15) is 0 Å². The van der Waals surface area contributed by atoms with Gasteiger partial charge in [-0.05, 0) is 67.7 Å².